The van der Waals surface area contributed by atoms with E-state index >= 15 is 0 Å². The number of carbonyl (C=O) groups excluding carboxylic acids is 1. The van der Waals surface area contributed by atoms with Gasteiger partial charge in [0, 0.05) is 6.08 Å². The lowest BCUT2D eigenvalue weighted by Gasteiger charge is -2.29. The van der Waals surface area contributed by atoms with E-state index in [0.29, 0.717) is 19.1 Å². The zero-order chi connectivity index (χ0) is 17.1. The number of fused-ring (bicyclic) bond motifs is 1. The Kier molecular flexibility index (Phi) is 4.70. The van der Waals surface area contributed by atoms with Gasteiger partial charge >= 0.3 is 0 Å². The van der Waals surface area contributed by atoms with Crippen molar-refractivity contribution in [1.29, 1.82) is 0 Å². The molecule has 0 spiro atoms. The Bertz CT molecular complexity index is 760. The highest BCUT2D eigenvalue weighted by atomic mass is 16.5. The van der Waals surface area contributed by atoms with Gasteiger partial charge in [-0.25, -0.2) is 0 Å². The molecule has 124 valence electrons. The van der Waals surface area contributed by atoms with Gasteiger partial charge in [0.1, 0.15) is 12.4 Å². The zero-order valence-electron chi connectivity index (χ0n) is 14.5. The summed E-state index contributed by atoms with van der Waals surface area (Å²) in [5.41, 5.74) is 4.30. The van der Waals surface area contributed by atoms with E-state index in [1.807, 2.05) is 31.2 Å². The van der Waals surface area contributed by atoms with Gasteiger partial charge in [0.05, 0.1) is 12.2 Å². The third-order valence-electron chi connectivity index (χ3n) is 4.27. The first-order valence-electron chi connectivity index (χ1n) is 8.37. The Morgan fingerprint density at radius 3 is 2.62 bits per heavy atom. The highest BCUT2D eigenvalue weighted by Gasteiger charge is 2.22. The molecule has 0 radical (unpaired) electrons. The van der Waals surface area contributed by atoms with Crippen molar-refractivity contribution in [3.63, 3.8) is 0 Å². The van der Waals surface area contributed by atoms with E-state index in [9.17, 15) is 4.79 Å². The van der Waals surface area contributed by atoms with Crippen LogP contribution in [0, 0.1) is 6.92 Å². The molecule has 1 aliphatic rings. The molecule has 2 aromatic carbocycles. The van der Waals surface area contributed by atoms with Crippen molar-refractivity contribution < 1.29 is 9.53 Å². The average Bonchev–Trinajstić information content (AvgIpc) is 2.59. The number of aryl methyl sites for hydroxylation is 1. The summed E-state index contributed by atoms with van der Waals surface area (Å²) < 4.78 is 5.64. The van der Waals surface area contributed by atoms with E-state index in [-0.39, 0.29) is 5.91 Å². The zero-order valence-corrected chi connectivity index (χ0v) is 14.5. The van der Waals surface area contributed by atoms with Crippen molar-refractivity contribution in [2.75, 3.05) is 18.1 Å². The van der Waals surface area contributed by atoms with Crippen LogP contribution in [0.5, 0.6) is 5.75 Å². The van der Waals surface area contributed by atoms with Crippen LogP contribution in [0.3, 0.4) is 0 Å². The van der Waals surface area contributed by atoms with E-state index < -0.39 is 0 Å². The maximum absolute atomic E-state index is 12.6. The number of nitrogens with zero attached hydrogens (tertiary/aromatic N) is 1. The lowest BCUT2D eigenvalue weighted by molar-refractivity contribution is -0.114. The second kappa shape index (κ2) is 6.91. The quantitative estimate of drug-likeness (QED) is 0.776. The number of ether oxygens (including phenoxy) is 1. The Morgan fingerprint density at radius 1 is 1.17 bits per heavy atom. The summed E-state index contributed by atoms with van der Waals surface area (Å²) >= 11 is 0. The lowest BCUT2D eigenvalue weighted by Crippen LogP contribution is -2.36. The Balaban J connectivity index is 1.77. The van der Waals surface area contributed by atoms with Gasteiger partial charge in [0.2, 0.25) is 0 Å². The fraction of sp³-hybridized carbons (Fsp3) is 0.286. The average molecular weight is 321 g/mol. The minimum absolute atomic E-state index is 0.0157. The molecule has 0 fully saturated rings. The minimum atomic E-state index is -0.0157. The van der Waals surface area contributed by atoms with Gasteiger partial charge < -0.3 is 9.64 Å². The first-order valence-corrected chi connectivity index (χ1v) is 8.37. The number of anilines is 1. The maximum atomic E-state index is 12.6. The number of rotatable bonds is 3. The second-order valence-corrected chi connectivity index (χ2v) is 6.46. The van der Waals surface area contributed by atoms with Crippen molar-refractivity contribution in [3.8, 4) is 5.75 Å². The normalized spacial score (nSPS) is 13.9. The fourth-order valence-electron chi connectivity index (χ4n) is 2.81. The van der Waals surface area contributed by atoms with Crippen molar-refractivity contribution in [1.82, 2.24) is 0 Å². The van der Waals surface area contributed by atoms with Gasteiger partial charge in [-0.3, -0.25) is 4.79 Å². The van der Waals surface area contributed by atoms with Gasteiger partial charge in [-0.2, -0.15) is 0 Å². The molecule has 3 heteroatoms. The molecule has 2 aromatic rings. The molecule has 1 amide bonds. The topological polar surface area (TPSA) is 29.5 Å². The minimum Gasteiger partial charge on any atom is -0.490 e. The molecule has 0 saturated heterocycles. The van der Waals surface area contributed by atoms with E-state index in [4.69, 9.17) is 4.74 Å². The van der Waals surface area contributed by atoms with E-state index in [2.05, 4.69) is 38.1 Å². The molecule has 0 bridgehead atoms. The molecule has 3 rings (SSSR count). The van der Waals surface area contributed by atoms with Gasteiger partial charge in [-0.15, -0.1) is 0 Å². The first kappa shape index (κ1) is 16.3. The summed E-state index contributed by atoms with van der Waals surface area (Å²) in [7, 11) is 0. The van der Waals surface area contributed by atoms with E-state index in [1.54, 1.807) is 11.0 Å². The molecule has 1 heterocycles. The Morgan fingerprint density at radius 2 is 1.92 bits per heavy atom. The first-order chi connectivity index (χ1) is 11.5. The number of benzene rings is 2. The van der Waals surface area contributed by atoms with Crippen LogP contribution in [0.15, 0.2) is 48.5 Å². The Labute approximate surface area is 143 Å². The van der Waals surface area contributed by atoms with Crippen LogP contribution in [0.4, 0.5) is 5.69 Å². The molecule has 24 heavy (non-hydrogen) atoms. The van der Waals surface area contributed by atoms with Crippen molar-refractivity contribution in [2.45, 2.75) is 26.7 Å². The Hall–Kier alpha value is -2.55. The lowest BCUT2D eigenvalue weighted by atomic mass is 10.0. The monoisotopic (exact) mass is 321 g/mol. The summed E-state index contributed by atoms with van der Waals surface area (Å²) in [6.45, 7) is 7.47. The molecular formula is C21H23NO2. The number of hydrogen-bond acceptors (Lipinski definition) is 2. The van der Waals surface area contributed by atoms with Gasteiger partial charge in [-0.1, -0.05) is 44.2 Å². The fourth-order valence-corrected chi connectivity index (χ4v) is 2.81. The molecule has 0 unspecified atom stereocenters. The van der Waals surface area contributed by atoms with Gasteiger partial charge in [0.25, 0.3) is 5.91 Å². The summed E-state index contributed by atoms with van der Waals surface area (Å²) in [5.74, 6) is 1.27. The van der Waals surface area contributed by atoms with Crippen molar-refractivity contribution in [3.05, 3.63) is 65.2 Å². The predicted molar refractivity (Wildman–Crippen MR) is 98.6 cm³/mol. The highest BCUT2D eigenvalue weighted by molar-refractivity contribution is 6.05. The molecule has 3 nitrogen and oxygen atoms in total. The third kappa shape index (κ3) is 3.51. The summed E-state index contributed by atoms with van der Waals surface area (Å²) in [6, 6.07) is 14.3. The van der Waals surface area contributed by atoms with Crippen LogP contribution in [0.1, 0.15) is 36.5 Å². The van der Waals surface area contributed by atoms with Crippen molar-refractivity contribution in [2.24, 2.45) is 0 Å². The van der Waals surface area contributed by atoms with E-state index in [0.717, 1.165) is 22.6 Å². The van der Waals surface area contributed by atoms with E-state index in [1.165, 1.54) is 5.56 Å². The van der Waals surface area contributed by atoms with Gasteiger partial charge in [0.15, 0.2) is 0 Å². The van der Waals surface area contributed by atoms with Gasteiger partial charge in [-0.05, 0) is 47.7 Å². The SMILES string of the molecule is Cc1ccc2c(c1)N(C(=O)/C=C/c1ccc(C(C)C)cc1)CCO2. The van der Waals surface area contributed by atoms with Crippen LogP contribution in [-0.4, -0.2) is 19.1 Å². The smallest absolute Gasteiger partial charge is 0.251 e. The standard InChI is InChI=1S/C21H23NO2/c1-15(2)18-8-5-17(6-9-18)7-11-21(23)22-12-13-24-20-10-4-16(3)14-19(20)22/h4-11,14-15H,12-13H2,1-3H3/b11-7+. The largest absolute Gasteiger partial charge is 0.490 e. The molecule has 0 atom stereocenters. The predicted octanol–water partition coefficient (Wildman–Crippen LogP) is 4.56. The molecule has 0 aliphatic carbocycles. The van der Waals surface area contributed by atoms with Crippen LogP contribution in [0.2, 0.25) is 0 Å². The van der Waals surface area contributed by atoms with Crippen LogP contribution >= 0.6 is 0 Å². The van der Waals surface area contributed by atoms with Crippen LogP contribution < -0.4 is 9.64 Å². The second-order valence-electron chi connectivity index (χ2n) is 6.46. The number of carbonyl (C=O) groups is 1. The molecule has 0 saturated carbocycles. The molecular weight excluding hydrogens is 298 g/mol. The summed E-state index contributed by atoms with van der Waals surface area (Å²) in [5, 5.41) is 0. The molecule has 0 aromatic heterocycles. The summed E-state index contributed by atoms with van der Waals surface area (Å²) in [6.07, 6.45) is 3.51. The highest BCUT2D eigenvalue weighted by Crippen LogP contribution is 2.32. The molecule has 0 N–H and O–H groups in total. The molecule has 1 aliphatic heterocycles. The maximum Gasteiger partial charge on any atom is 0.251 e. The summed E-state index contributed by atoms with van der Waals surface area (Å²) in [4.78, 5) is 14.4. The number of hydrogen-bond donors (Lipinski definition) is 0. The van der Waals surface area contributed by atoms with Crippen LogP contribution in [0.25, 0.3) is 6.08 Å². The number of amides is 1. The third-order valence-corrected chi connectivity index (χ3v) is 4.27. The van der Waals surface area contributed by atoms with Crippen LogP contribution in [-0.2, 0) is 4.79 Å². The van der Waals surface area contributed by atoms with Crippen molar-refractivity contribution >= 4 is 17.7 Å².